The molecule has 0 saturated heterocycles. The molecular weight excluding hydrogens is 765 g/mol. The van der Waals surface area contributed by atoms with Crippen molar-refractivity contribution >= 4 is 93.1 Å². The average molecular weight is 803 g/mol. The Kier molecular flexibility index (Phi) is 7.91. The van der Waals surface area contributed by atoms with E-state index in [-0.39, 0.29) is 0 Å². The van der Waals surface area contributed by atoms with Crippen molar-refractivity contribution in [1.82, 2.24) is 4.57 Å². The summed E-state index contributed by atoms with van der Waals surface area (Å²) < 4.78 is 9.31. The number of furan rings is 1. The van der Waals surface area contributed by atoms with E-state index in [1.807, 2.05) is 0 Å². The Morgan fingerprint density at radius 3 is 1.83 bits per heavy atom. The van der Waals surface area contributed by atoms with Gasteiger partial charge in [-0.05, 0) is 116 Å². The molecule has 0 bridgehead atoms. The van der Waals surface area contributed by atoms with Gasteiger partial charge in [-0.2, -0.15) is 0 Å². The summed E-state index contributed by atoms with van der Waals surface area (Å²) in [6.07, 6.45) is 0. The quantitative estimate of drug-likeness (QED) is 0.156. The third-order valence-corrected chi connectivity index (χ3v) is 13.0. The molecule has 13 aromatic rings. The minimum Gasteiger partial charge on any atom is -0.455 e. The fourth-order valence-corrected chi connectivity index (χ4v) is 10.1. The maximum absolute atomic E-state index is 6.93. The maximum atomic E-state index is 6.93. The summed E-state index contributed by atoms with van der Waals surface area (Å²) >= 11 is 0. The molecule has 13 rings (SSSR count). The molecule has 3 nitrogen and oxygen atoms in total. The van der Waals surface area contributed by atoms with Crippen LogP contribution in [0.3, 0.4) is 0 Å². The molecule has 0 aliphatic rings. The van der Waals surface area contributed by atoms with Crippen molar-refractivity contribution in [2.24, 2.45) is 0 Å². The van der Waals surface area contributed by atoms with E-state index in [2.05, 4.69) is 240 Å². The lowest BCUT2D eigenvalue weighted by atomic mass is 9.95. The van der Waals surface area contributed by atoms with Gasteiger partial charge < -0.3 is 13.9 Å². The second-order valence-electron chi connectivity index (χ2n) is 16.4. The smallest absolute Gasteiger partial charge is 0.145 e. The van der Waals surface area contributed by atoms with Gasteiger partial charge in [0.15, 0.2) is 0 Å². The number of aromatic nitrogens is 1. The first-order valence-corrected chi connectivity index (χ1v) is 21.6. The Morgan fingerprint density at radius 2 is 0.968 bits per heavy atom. The monoisotopic (exact) mass is 802 g/mol. The van der Waals surface area contributed by atoms with Crippen molar-refractivity contribution in [3.8, 4) is 27.9 Å². The van der Waals surface area contributed by atoms with E-state index in [9.17, 15) is 0 Å². The predicted octanol–water partition coefficient (Wildman–Crippen LogP) is 16.9. The number of nitrogens with zero attached hydrogens (tertiary/aromatic N) is 2. The minimum absolute atomic E-state index is 0.865. The molecule has 0 spiro atoms. The molecule has 2 heterocycles. The third-order valence-electron chi connectivity index (χ3n) is 13.0. The van der Waals surface area contributed by atoms with E-state index in [4.69, 9.17) is 4.42 Å². The summed E-state index contributed by atoms with van der Waals surface area (Å²) in [5, 5.41) is 12.0. The van der Waals surface area contributed by atoms with E-state index < -0.39 is 0 Å². The number of anilines is 3. The highest BCUT2D eigenvalue weighted by Gasteiger charge is 2.24. The van der Waals surface area contributed by atoms with Crippen molar-refractivity contribution in [2.45, 2.75) is 0 Å². The molecule has 63 heavy (non-hydrogen) atoms. The summed E-state index contributed by atoms with van der Waals surface area (Å²) in [6, 6.07) is 83.4. The summed E-state index contributed by atoms with van der Waals surface area (Å²) in [5.41, 5.74) is 13.1. The highest BCUT2D eigenvalue weighted by atomic mass is 16.3. The summed E-state index contributed by atoms with van der Waals surface area (Å²) in [6.45, 7) is 0. The number of fused-ring (bicyclic) bond motifs is 10. The molecule has 0 saturated carbocycles. The van der Waals surface area contributed by atoms with Crippen LogP contribution >= 0.6 is 0 Å². The van der Waals surface area contributed by atoms with Gasteiger partial charge >= 0.3 is 0 Å². The van der Waals surface area contributed by atoms with E-state index in [1.54, 1.807) is 0 Å². The molecular formula is C60H38N2O. The van der Waals surface area contributed by atoms with Gasteiger partial charge in [-0.3, -0.25) is 0 Å². The van der Waals surface area contributed by atoms with Crippen LogP contribution in [0.1, 0.15) is 0 Å². The Balaban J connectivity index is 1.04. The molecule has 0 N–H and O–H groups in total. The molecule has 3 heteroatoms. The van der Waals surface area contributed by atoms with Crippen LogP contribution in [0.25, 0.3) is 104 Å². The second-order valence-corrected chi connectivity index (χ2v) is 16.4. The highest BCUT2D eigenvalue weighted by Crippen LogP contribution is 2.48. The van der Waals surface area contributed by atoms with Crippen molar-refractivity contribution in [2.75, 3.05) is 4.90 Å². The number of para-hydroxylation sites is 3. The van der Waals surface area contributed by atoms with Gasteiger partial charge in [-0.15, -0.1) is 0 Å². The maximum Gasteiger partial charge on any atom is 0.145 e. The Morgan fingerprint density at radius 1 is 0.349 bits per heavy atom. The Hall–Kier alpha value is -8.40. The highest BCUT2D eigenvalue weighted by molar-refractivity contribution is 6.19. The zero-order valence-electron chi connectivity index (χ0n) is 34.2. The first kappa shape index (κ1) is 35.4. The summed E-state index contributed by atoms with van der Waals surface area (Å²) in [4.78, 5) is 2.41. The van der Waals surface area contributed by atoms with Crippen molar-refractivity contribution in [3.63, 3.8) is 0 Å². The van der Waals surface area contributed by atoms with Crippen molar-refractivity contribution in [1.29, 1.82) is 0 Å². The van der Waals surface area contributed by atoms with Gasteiger partial charge in [0.25, 0.3) is 0 Å². The van der Waals surface area contributed by atoms with E-state index in [0.717, 1.165) is 61.4 Å². The second kappa shape index (κ2) is 14.1. The molecule has 0 amide bonds. The van der Waals surface area contributed by atoms with Crippen LogP contribution in [-0.2, 0) is 0 Å². The van der Waals surface area contributed by atoms with Crippen LogP contribution in [-0.4, -0.2) is 4.57 Å². The first-order valence-electron chi connectivity index (χ1n) is 21.6. The van der Waals surface area contributed by atoms with Gasteiger partial charge in [0.2, 0.25) is 0 Å². The third kappa shape index (κ3) is 5.53. The first-order chi connectivity index (χ1) is 31.3. The van der Waals surface area contributed by atoms with Gasteiger partial charge in [0.05, 0.1) is 22.1 Å². The lowest BCUT2D eigenvalue weighted by Crippen LogP contribution is -2.10. The standard InChI is InChI=1S/C60H38N2O/c1-2-17-43(18-3-1)62-54-25-10-8-21-52(54)58-49(23-13-26-55(58)62)41-30-32-44(33-31-41)61(45-34-35-48-42(38-45)29-28-40-15-5-6-19-46(40)48)56-37-36-51(50-24-12-16-39-14-4-7-20-47(39)50)60-59(56)53-22-9-11-27-57(53)63-60/h1-38H. The minimum atomic E-state index is 0.865. The van der Waals surface area contributed by atoms with E-state index in [0.29, 0.717) is 0 Å². The summed E-state index contributed by atoms with van der Waals surface area (Å²) in [5.74, 6) is 0. The molecule has 0 aliphatic carbocycles. The Labute approximate surface area is 363 Å². The van der Waals surface area contributed by atoms with E-state index >= 15 is 0 Å². The van der Waals surface area contributed by atoms with Crippen LogP contribution in [0, 0.1) is 0 Å². The lowest BCUT2D eigenvalue weighted by molar-refractivity contribution is 0.670. The normalized spacial score (nSPS) is 11.8. The fourth-order valence-electron chi connectivity index (χ4n) is 10.1. The molecule has 0 atom stereocenters. The molecule has 0 aliphatic heterocycles. The largest absolute Gasteiger partial charge is 0.455 e. The zero-order chi connectivity index (χ0) is 41.4. The molecule has 0 unspecified atom stereocenters. The van der Waals surface area contributed by atoms with Gasteiger partial charge in [0.1, 0.15) is 11.2 Å². The van der Waals surface area contributed by atoms with Gasteiger partial charge in [0, 0.05) is 38.8 Å². The van der Waals surface area contributed by atoms with E-state index in [1.165, 1.54) is 59.7 Å². The van der Waals surface area contributed by atoms with Crippen LogP contribution < -0.4 is 4.90 Å². The van der Waals surface area contributed by atoms with Crippen molar-refractivity contribution in [3.05, 3.63) is 231 Å². The predicted molar refractivity (Wildman–Crippen MR) is 266 cm³/mol. The SMILES string of the molecule is c1ccc(-n2c3ccccc3c3c(-c4ccc(N(c5ccc6c(ccc7ccccc76)c5)c5ccc(-c6cccc7ccccc67)c6oc7ccccc7c56)cc4)cccc32)cc1. The van der Waals surface area contributed by atoms with Crippen LogP contribution in [0.4, 0.5) is 17.1 Å². The number of hydrogen-bond donors (Lipinski definition) is 0. The average Bonchev–Trinajstić information content (AvgIpc) is 3.91. The lowest BCUT2D eigenvalue weighted by Gasteiger charge is -2.27. The van der Waals surface area contributed by atoms with Gasteiger partial charge in [-0.1, -0.05) is 164 Å². The topological polar surface area (TPSA) is 21.3 Å². The molecule has 0 fully saturated rings. The van der Waals surface area contributed by atoms with Crippen molar-refractivity contribution < 1.29 is 4.42 Å². The van der Waals surface area contributed by atoms with Crippen LogP contribution in [0.5, 0.6) is 0 Å². The molecule has 294 valence electrons. The summed E-state index contributed by atoms with van der Waals surface area (Å²) in [7, 11) is 0. The molecule has 0 radical (unpaired) electrons. The number of rotatable bonds is 6. The molecule has 2 aromatic heterocycles. The molecule has 11 aromatic carbocycles. The Bertz CT molecular complexity index is 3910. The van der Waals surface area contributed by atoms with Gasteiger partial charge in [-0.25, -0.2) is 0 Å². The number of hydrogen-bond acceptors (Lipinski definition) is 2. The van der Waals surface area contributed by atoms with Crippen LogP contribution in [0.15, 0.2) is 235 Å². The zero-order valence-corrected chi connectivity index (χ0v) is 34.2. The van der Waals surface area contributed by atoms with Crippen LogP contribution in [0.2, 0.25) is 0 Å². The number of benzene rings is 11. The fraction of sp³-hybridized carbons (Fsp3) is 0.